The third kappa shape index (κ3) is 6.84. The lowest BCUT2D eigenvalue weighted by Gasteiger charge is -2.32. The van der Waals surface area contributed by atoms with E-state index >= 15 is 0 Å². The number of allylic oxidation sites excluding steroid dienone is 9. The Kier molecular flexibility index (Phi) is 7.80. The first-order valence-electron chi connectivity index (χ1n) is 10.1. The molecule has 1 aliphatic carbocycles. The highest BCUT2D eigenvalue weighted by molar-refractivity contribution is 5.99. The zero-order valence-corrected chi connectivity index (χ0v) is 17.9. The summed E-state index contributed by atoms with van der Waals surface area (Å²) in [6, 6.07) is 9.48. The standard InChI is InChI=1S/C26H33NO/c1-20(16-17-24-22(3)13-10-18-26(24,4)5)11-9-12-21(2)19-25(28)27-23-14-7-6-8-15-23/h6-9,11-12,14-17,19H,10,13,18H2,1-5H3,(H,27,28)/b12-9+,17-16+,20-11+,21-19+. The molecule has 0 spiro atoms. The molecule has 28 heavy (non-hydrogen) atoms. The number of anilines is 1. The molecule has 0 saturated heterocycles. The third-order valence-corrected chi connectivity index (χ3v) is 5.17. The van der Waals surface area contributed by atoms with E-state index in [9.17, 15) is 4.79 Å². The van der Waals surface area contributed by atoms with Crippen LogP contribution in [0.5, 0.6) is 0 Å². The van der Waals surface area contributed by atoms with E-state index in [2.05, 4.69) is 51.2 Å². The van der Waals surface area contributed by atoms with E-state index in [1.165, 1.54) is 36.0 Å². The number of para-hydroxylation sites is 1. The first-order chi connectivity index (χ1) is 13.3. The van der Waals surface area contributed by atoms with E-state index in [-0.39, 0.29) is 11.3 Å². The number of benzene rings is 1. The Bertz CT molecular complexity index is 832. The van der Waals surface area contributed by atoms with Crippen LogP contribution in [0.1, 0.15) is 53.9 Å². The Morgan fingerprint density at radius 2 is 1.79 bits per heavy atom. The summed E-state index contributed by atoms with van der Waals surface area (Å²) >= 11 is 0. The molecule has 0 saturated carbocycles. The number of carbonyl (C=O) groups is 1. The predicted molar refractivity (Wildman–Crippen MR) is 121 cm³/mol. The summed E-state index contributed by atoms with van der Waals surface area (Å²) in [5.41, 5.74) is 6.16. The van der Waals surface area contributed by atoms with Gasteiger partial charge in [0.05, 0.1) is 0 Å². The second-order valence-corrected chi connectivity index (χ2v) is 8.28. The molecule has 0 radical (unpaired) electrons. The van der Waals surface area contributed by atoms with Crippen LogP contribution < -0.4 is 5.32 Å². The molecule has 0 aliphatic heterocycles. The number of carbonyl (C=O) groups excluding carboxylic acids is 1. The van der Waals surface area contributed by atoms with Gasteiger partial charge < -0.3 is 5.32 Å². The second-order valence-electron chi connectivity index (χ2n) is 8.28. The molecular weight excluding hydrogens is 342 g/mol. The molecular formula is C26H33NO. The van der Waals surface area contributed by atoms with Gasteiger partial charge in [0.2, 0.25) is 5.91 Å². The number of hydrogen-bond acceptors (Lipinski definition) is 1. The van der Waals surface area contributed by atoms with E-state index in [4.69, 9.17) is 0 Å². The summed E-state index contributed by atoms with van der Waals surface area (Å²) in [6.45, 7) is 11.0. The van der Waals surface area contributed by atoms with Crippen LogP contribution in [0.25, 0.3) is 0 Å². The van der Waals surface area contributed by atoms with E-state index in [0.29, 0.717) is 0 Å². The third-order valence-electron chi connectivity index (χ3n) is 5.17. The van der Waals surface area contributed by atoms with Crippen molar-refractivity contribution in [3.8, 4) is 0 Å². The maximum absolute atomic E-state index is 12.0. The van der Waals surface area contributed by atoms with Crippen molar-refractivity contribution in [1.29, 1.82) is 0 Å². The average molecular weight is 376 g/mol. The topological polar surface area (TPSA) is 29.1 Å². The highest BCUT2D eigenvalue weighted by Crippen LogP contribution is 2.40. The first kappa shape index (κ1) is 21.7. The molecule has 1 aromatic carbocycles. The summed E-state index contributed by atoms with van der Waals surface area (Å²) < 4.78 is 0. The highest BCUT2D eigenvalue weighted by Gasteiger charge is 2.26. The molecule has 0 unspecified atom stereocenters. The van der Waals surface area contributed by atoms with Crippen molar-refractivity contribution in [2.45, 2.75) is 53.9 Å². The van der Waals surface area contributed by atoms with Crippen molar-refractivity contribution in [2.24, 2.45) is 5.41 Å². The molecule has 1 aromatic rings. The van der Waals surface area contributed by atoms with Crippen LogP contribution in [0.15, 0.2) is 89.1 Å². The van der Waals surface area contributed by atoms with E-state index < -0.39 is 0 Å². The number of rotatable bonds is 6. The van der Waals surface area contributed by atoms with Crippen molar-refractivity contribution in [3.05, 3.63) is 89.1 Å². The molecule has 1 N–H and O–H groups in total. The fourth-order valence-electron chi connectivity index (χ4n) is 3.59. The molecule has 1 amide bonds. The number of nitrogens with one attached hydrogen (secondary N) is 1. The second kappa shape index (κ2) is 10.1. The van der Waals surface area contributed by atoms with Crippen molar-refractivity contribution in [2.75, 3.05) is 5.32 Å². The maximum atomic E-state index is 12.0. The van der Waals surface area contributed by atoms with Crippen LogP contribution >= 0.6 is 0 Å². The lowest BCUT2D eigenvalue weighted by molar-refractivity contribution is -0.111. The quantitative estimate of drug-likeness (QED) is 0.415. The molecule has 2 rings (SSSR count). The first-order valence-corrected chi connectivity index (χ1v) is 10.1. The smallest absolute Gasteiger partial charge is 0.248 e. The van der Waals surface area contributed by atoms with Crippen molar-refractivity contribution in [1.82, 2.24) is 0 Å². The van der Waals surface area contributed by atoms with Gasteiger partial charge in [0.1, 0.15) is 0 Å². The summed E-state index contributed by atoms with van der Waals surface area (Å²) in [4.78, 5) is 12.0. The van der Waals surface area contributed by atoms with Crippen LogP contribution in [0.4, 0.5) is 5.69 Å². The Balaban J connectivity index is 1.96. The van der Waals surface area contributed by atoms with Gasteiger partial charge in [-0.25, -0.2) is 0 Å². The van der Waals surface area contributed by atoms with Gasteiger partial charge in [-0.05, 0) is 68.7 Å². The lowest BCUT2D eigenvalue weighted by atomic mass is 9.72. The molecule has 0 aromatic heterocycles. The summed E-state index contributed by atoms with van der Waals surface area (Å²) in [7, 11) is 0. The normalized spacial score (nSPS) is 18.2. The fraction of sp³-hybridized carbons (Fsp3) is 0.346. The van der Waals surface area contributed by atoms with Gasteiger partial charge in [0, 0.05) is 11.8 Å². The SMILES string of the molecule is CC1=C(/C=C/C(C)=C/C=C/C(C)=C/C(=O)Nc2ccccc2)C(C)(C)CCC1. The zero-order chi connectivity index (χ0) is 20.6. The molecule has 0 heterocycles. The molecule has 2 heteroatoms. The number of hydrogen-bond donors (Lipinski definition) is 1. The van der Waals surface area contributed by atoms with Crippen LogP contribution in [0.2, 0.25) is 0 Å². The minimum absolute atomic E-state index is 0.115. The minimum atomic E-state index is -0.115. The van der Waals surface area contributed by atoms with E-state index in [1.54, 1.807) is 6.08 Å². The predicted octanol–water partition coefficient (Wildman–Crippen LogP) is 7.16. The monoisotopic (exact) mass is 375 g/mol. The lowest BCUT2D eigenvalue weighted by Crippen LogP contribution is -2.19. The van der Waals surface area contributed by atoms with Crippen LogP contribution in [-0.4, -0.2) is 5.91 Å². The Labute approximate surface area is 170 Å². The van der Waals surface area contributed by atoms with Crippen LogP contribution in [0.3, 0.4) is 0 Å². The summed E-state index contributed by atoms with van der Waals surface area (Å²) in [6.07, 6.45) is 15.9. The van der Waals surface area contributed by atoms with Crippen LogP contribution in [0, 0.1) is 5.41 Å². The summed E-state index contributed by atoms with van der Waals surface area (Å²) in [5.74, 6) is -0.115. The Morgan fingerprint density at radius 1 is 1.07 bits per heavy atom. The van der Waals surface area contributed by atoms with Gasteiger partial charge in [-0.3, -0.25) is 4.79 Å². The number of amides is 1. The van der Waals surface area contributed by atoms with Gasteiger partial charge >= 0.3 is 0 Å². The Hall–Kier alpha value is -2.61. The van der Waals surface area contributed by atoms with Crippen molar-refractivity contribution < 1.29 is 4.79 Å². The van der Waals surface area contributed by atoms with Gasteiger partial charge in [0.25, 0.3) is 0 Å². The fourth-order valence-corrected chi connectivity index (χ4v) is 3.59. The van der Waals surface area contributed by atoms with Gasteiger partial charge in [0.15, 0.2) is 0 Å². The van der Waals surface area contributed by atoms with Gasteiger partial charge in [-0.1, -0.05) is 73.6 Å². The van der Waals surface area contributed by atoms with Crippen LogP contribution in [-0.2, 0) is 4.79 Å². The molecule has 0 bridgehead atoms. The molecule has 1 aliphatic rings. The summed E-state index contributed by atoms with van der Waals surface area (Å²) in [5, 5.41) is 2.86. The Morgan fingerprint density at radius 3 is 2.46 bits per heavy atom. The molecule has 0 atom stereocenters. The molecule has 0 fully saturated rings. The maximum Gasteiger partial charge on any atom is 0.248 e. The highest BCUT2D eigenvalue weighted by atomic mass is 16.1. The van der Waals surface area contributed by atoms with Gasteiger partial charge in [-0.2, -0.15) is 0 Å². The average Bonchev–Trinajstić information content (AvgIpc) is 2.61. The largest absolute Gasteiger partial charge is 0.323 e. The minimum Gasteiger partial charge on any atom is -0.323 e. The molecule has 2 nitrogen and oxygen atoms in total. The zero-order valence-electron chi connectivity index (χ0n) is 17.9. The van der Waals surface area contributed by atoms with Crippen molar-refractivity contribution >= 4 is 11.6 Å². The molecule has 148 valence electrons. The van der Waals surface area contributed by atoms with E-state index in [0.717, 1.165) is 11.3 Å². The van der Waals surface area contributed by atoms with Crippen molar-refractivity contribution in [3.63, 3.8) is 0 Å². The van der Waals surface area contributed by atoms with E-state index in [1.807, 2.05) is 49.4 Å². The van der Waals surface area contributed by atoms with Gasteiger partial charge in [-0.15, -0.1) is 0 Å².